The van der Waals surface area contributed by atoms with Gasteiger partial charge in [-0.2, -0.15) is 13.2 Å². The van der Waals surface area contributed by atoms with Crippen LogP contribution in [0.2, 0.25) is 0 Å². The average molecular weight is 507 g/mol. The summed E-state index contributed by atoms with van der Waals surface area (Å²) in [5, 5.41) is 3.40. The van der Waals surface area contributed by atoms with Crippen molar-refractivity contribution in [2.75, 3.05) is 0 Å². The number of aromatic amines is 1. The van der Waals surface area contributed by atoms with Gasteiger partial charge in [-0.1, -0.05) is 36.4 Å². The highest BCUT2D eigenvalue weighted by atomic mass is 19.4. The highest BCUT2D eigenvalue weighted by Crippen LogP contribution is 2.35. The van der Waals surface area contributed by atoms with E-state index >= 15 is 0 Å². The summed E-state index contributed by atoms with van der Waals surface area (Å²) >= 11 is 0. The largest absolute Gasteiger partial charge is 0.432 e. The lowest BCUT2D eigenvalue weighted by Gasteiger charge is -2.34. The fraction of sp³-hybridized carbons (Fsp3) is 0.321. The molecular formula is C28H29F3N6. The van der Waals surface area contributed by atoms with Crippen LogP contribution >= 0.6 is 0 Å². The SMILES string of the molecule is FC(F)(F)c1cnc(CN(Cc2ccc(CNCc3ccccn3)cc2)C2CCCc3cccnc32)[nH]1. The molecule has 2 N–H and O–H groups in total. The Morgan fingerprint density at radius 1 is 0.892 bits per heavy atom. The topological polar surface area (TPSA) is 69.7 Å². The van der Waals surface area contributed by atoms with Gasteiger partial charge in [-0.3, -0.25) is 14.9 Å². The van der Waals surface area contributed by atoms with Gasteiger partial charge in [-0.05, 0) is 54.2 Å². The monoisotopic (exact) mass is 506 g/mol. The molecule has 1 aliphatic carbocycles. The second-order valence-electron chi connectivity index (χ2n) is 9.34. The van der Waals surface area contributed by atoms with E-state index in [4.69, 9.17) is 0 Å². The third-order valence-electron chi connectivity index (χ3n) is 6.66. The number of halogens is 3. The molecule has 3 heterocycles. The Kier molecular flexibility index (Phi) is 7.62. The number of rotatable bonds is 9. The average Bonchev–Trinajstić information content (AvgIpc) is 3.39. The molecule has 0 saturated heterocycles. The van der Waals surface area contributed by atoms with Gasteiger partial charge < -0.3 is 10.3 Å². The zero-order chi connectivity index (χ0) is 25.7. The van der Waals surface area contributed by atoms with Crippen molar-refractivity contribution in [2.45, 2.75) is 57.7 Å². The smallest absolute Gasteiger partial charge is 0.337 e. The molecule has 37 heavy (non-hydrogen) atoms. The molecule has 0 radical (unpaired) electrons. The Bertz CT molecular complexity index is 1290. The number of pyridine rings is 2. The van der Waals surface area contributed by atoms with Gasteiger partial charge in [-0.15, -0.1) is 0 Å². The van der Waals surface area contributed by atoms with Crippen LogP contribution in [0.15, 0.2) is 73.2 Å². The van der Waals surface area contributed by atoms with E-state index in [0.29, 0.717) is 25.5 Å². The first-order valence-corrected chi connectivity index (χ1v) is 12.4. The van der Waals surface area contributed by atoms with Crippen molar-refractivity contribution < 1.29 is 13.2 Å². The van der Waals surface area contributed by atoms with Gasteiger partial charge in [0.2, 0.25) is 0 Å². The Labute approximate surface area is 214 Å². The van der Waals surface area contributed by atoms with E-state index in [9.17, 15) is 13.2 Å². The molecule has 9 heteroatoms. The standard InChI is InChI=1S/C28H29F3N6/c29-28(30,31)25-17-35-26(36-25)19-37(24-8-3-5-22-6-4-14-34-27(22)24)18-21-11-9-20(10-12-21)15-32-16-23-7-1-2-13-33-23/h1-2,4,6-7,9-14,17,24,32H,3,5,8,15-16,18-19H2,(H,35,36). The predicted octanol–water partition coefficient (Wildman–Crippen LogP) is 5.59. The molecule has 0 amide bonds. The molecule has 0 saturated carbocycles. The van der Waals surface area contributed by atoms with Crippen LogP contribution in [0, 0.1) is 0 Å². The van der Waals surface area contributed by atoms with Gasteiger partial charge in [-0.25, -0.2) is 4.98 Å². The Morgan fingerprint density at radius 2 is 1.70 bits per heavy atom. The lowest BCUT2D eigenvalue weighted by molar-refractivity contribution is -0.141. The van der Waals surface area contributed by atoms with E-state index < -0.39 is 11.9 Å². The van der Waals surface area contributed by atoms with Crippen LogP contribution in [0.3, 0.4) is 0 Å². The van der Waals surface area contributed by atoms with E-state index in [0.717, 1.165) is 48.0 Å². The van der Waals surface area contributed by atoms with E-state index in [2.05, 4.69) is 60.5 Å². The van der Waals surface area contributed by atoms with Crippen LogP contribution in [-0.4, -0.2) is 24.8 Å². The second kappa shape index (κ2) is 11.2. The maximum absolute atomic E-state index is 13.2. The Morgan fingerprint density at radius 3 is 2.46 bits per heavy atom. The van der Waals surface area contributed by atoms with E-state index in [1.54, 1.807) is 12.4 Å². The van der Waals surface area contributed by atoms with Gasteiger partial charge in [0.05, 0.1) is 30.2 Å². The summed E-state index contributed by atoms with van der Waals surface area (Å²) in [4.78, 5) is 17.7. The van der Waals surface area contributed by atoms with Gasteiger partial charge in [0.1, 0.15) is 11.5 Å². The third-order valence-corrected chi connectivity index (χ3v) is 6.66. The van der Waals surface area contributed by atoms with Gasteiger partial charge >= 0.3 is 6.18 Å². The molecule has 0 fully saturated rings. The molecule has 4 aromatic rings. The number of aromatic nitrogens is 4. The van der Waals surface area contributed by atoms with Gasteiger partial charge in [0, 0.05) is 32.0 Å². The molecule has 1 aromatic carbocycles. The van der Waals surface area contributed by atoms with Gasteiger partial charge in [0.25, 0.3) is 0 Å². The van der Waals surface area contributed by atoms with Gasteiger partial charge in [0.15, 0.2) is 0 Å². The molecule has 6 nitrogen and oxygen atoms in total. The van der Waals surface area contributed by atoms with Crippen molar-refractivity contribution in [3.63, 3.8) is 0 Å². The van der Waals surface area contributed by atoms with Crippen LogP contribution < -0.4 is 5.32 Å². The van der Waals surface area contributed by atoms with Crippen molar-refractivity contribution >= 4 is 0 Å². The van der Waals surface area contributed by atoms with Crippen LogP contribution in [0.25, 0.3) is 0 Å². The highest BCUT2D eigenvalue weighted by Gasteiger charge is 2.34. The molecule has 1 aliphatic rings. The number of benzene rings is 1. The molecular weight excluding hydrogens is 477 g/mol. The van der Waals surface area contributed by atoms with Crippen LogP contribution in [0.1, 0.15) is 58.5 Å². The molecule has 5 rings (SSSR count). The first-order chi connectivity index (χ1) is 18.0. The number of nitrogens with zero attached hydrogens (tertiary/aromatic N) is 4. The normalized spacial score (nSPS) is 15.6. The van der Waals surface area contributed by atoms with E-state index in [1.165, 1.54) is 5.56 Å². The maximum Gasteiger partial charge on any atom is 0.432 e. The molecule has 1 unspecified atom stereocenters. The molecule has 0 bridgehead atoms. The fourth-order valence-electron chi connectivity index (χ4n) is 4.83. The lowest BCUT2D eigenvalue weighted by Crippen LogP contribution is -2.32. The summed E-state index contributed by atoms with van der Waals surface area (Å²) in [5.41, 5.74) is 4.60. The minimum atomic E-state index is -4.45. The zero-order valence-corrected chi connectivity index (χ0v) is 20.4. The molecule has 0 aliphatic heterocycles. The highest BCUT2D eigenvalue weighted by molar-refractivity contribution is 5.27. The second-order valence-corrected chi connectivity index (χ2v) is 9.34. The predicted molar refractivity (Wildman–Crippen MR) is 134 cm³/mol. The minimum Gasteiger partial charge on any atom is -0.337 e. The van der Waals surface area contributed by atoms with Crippen LogP contribution in [0.4, 0.5) is 13.2 Å². The summed E-state index contributed by atoms with van der Waals surface area (Å²) in [5.74, 6) is 0.297. The number of alkyl halides is 3. The summed E-state index contributed by atoms with van der Waals surface area (Å²) < 4.78 is 39.5. The number of H-pyrrole nitrogens is 1. The zero-order valence-electron chi connectivity index (χ0n) is 20.4. The Balaban J connectivity index is 1.31. The number of hydrogen-bond acceptors (Lipinski definition) is 5. The van der Waals surface area contributed by atoms with Crippen molar-refractivity contribution in [1.82, 2.24) is 30.2 Å². The van der Waals surface area contributed by atoms with Crippen LogP contribution in [-0.2, 0) is 38.8 Å². The van der Waals surface area contributed by atoms with Crippen molar-refractivity contribution in [2.24, 2.45) is 0 Å². The fourth-order valence-corrected chi connectivity index (χ4v) is 4.83. The first-order valence-electron chi connectivity index (χ1n) is 12.4. The summed E-state index contributed by atoms with van der Waals surface area (Å²) in [6.07, 6.45) is 2.86. The molecule has 3 aromatic heterocycles. The quantitative estimate of drug-likeness (QED) is 0.310. The number of aryl methyl sites for hydroxylation is 1. The number of hydrogen-bond donors (Lipinski definition) is 2. The molecule has 1 atom stereocenters. The Hall–Kier alpha value is -3.56. The molecule has 0 spiro atoms. The minimum absolute atomic E-state index is 0.00380. The van der Waals surface area contributed by atoms with E-state index in [1.807, 2.05) is 24.3 Å². The van der Waals surface area contributed by atoms with Crippen molar-refractivity contribution in [1.29, 1.82) is 0 Å². The van der Waals surface area contributed by atoms with Crippen molar-refractivity contribution in [3.8, 4) is 0 Å². The van der Waals surface area contributed by atoms with E-state index in [-0.39, 0.29) is 12.6 Å². The summed E-state index contributed by atoms with van der Waals surface area (Å²) in [6.45, 7) is 2.25. The van der Waals surface area contributed by atoms with Crippen molar-refractivity contribution in [3.05, 3.63) is 113 Å². The third kappa shape index (κ3) is 6.42. The number of fused-ring (bicyclic) bond motifs is 1. The number of nitrogens with one attached hydrogen (secondary N) is 2. The summed E-state index contributed by atoms with van der Waals surface area (Å²) in [6, 6.07) is 18.2. The lowest BCUT2D eigenvalue weighted by atomic mass is 9.90. The van der Waals surface area contributed by atoms with Crippen LogP contribution in [0.5, 0.6) is 0 Å². The summed E-state index contributed by atoms with van der Waals surface area (Å²) in [7, 11) is 0. The first kappa shape index (κ1) is 25.1. The molecule has 192 valence electrons. The maximum atomic E-state index is 13.2. The number of imidazole rings is 1.